The van der Waals surface area contributed by atoms with E-state index in [1.165, 1.54) is 0 Å². The van der Waals surface area contributed by atoms with Gasteiger partial charge in [-0.1, -0.05) is 85.8 Å². The minimum absolute atomic E-state index is 0.0183. The Kier molecular flexibility index (Phi) is 10.8. The van der Waals surface area contributed by atoms with Crippen molar-refractivity contribution in [3.05, 3.63) is 107 Å². The SMILES string of the molecule is CC1C(CN2CCCC2CO)OC(c2ccc(CN3C(=O)CC(NC(=O)OCc4ccccc4)C3=O)cc2)OC1c1ccc(CO)cc1. The van der Waals surface area contributed by atoms with Gasteiger partial charge >= 0.3 is 6.09 Å². The van der Waals surface area contributed by atoms with Gasteiger partial charge in [-0.15, -0.1) is 0 Å². The standard InChI is InChI=1S/C37H43N3O8/c1-24-32(20-39-17-5-8-30(39)22-42)47-36(48-34(24)28-13-11-26(21-41)12-14-28)29-15-9-25(10-16-29)19-40-33(43)18-31(35(40)44)38-37(45)46-23-27-6-3-2-4-7-27/h2-4,6-7,9-16,24,30-32,34,36,41-42H,5,8,17-23H2,1H3,(H,38,45). The quantitative estimate of drug-likeness (QED) is 0.262. The highest BCUT2D eigenvalue weighted by molar-refractivity contribution is 6.06. The molecule has 48 heavy (non-hydrogen) atoms. The molecule has 254 valence electrons. The number of aliphatic hydroxyl groups is 2. The summed E-state index contributed by atoms with van der Waals surface area (Å²) in [6, 6.07) is 23.6. The summed E-state index contributed by atoms with van der Waals surface area (Å²) in [7, 11) is 0. The minimum atomic E-state index is -0.979. The average Bonchev–Trinajstić information content (AvgIpc) is 3.67. The van der Waals surface area contributed by atoms with Gasteiger partial charge in [0, 0.05) is 24.1 Å². The van der Waals surface area contributed by atoms with Crippen molar-refractivity contribution in [1.29, 1.82) is 0 Å². The van der Waals surface area contributed by atoms with Gasteiger partial charge in [0.25, 0.3) is 5.91 Å². The molecule has 11 heteroatoms. The van der Waals surface area contributed by atoms with Crippen molar-refractivity contribution in [3.63, 3.8) is 0 Å². The van der Waals surface area contributed by atoms with Crippen LogP contribution >= 0.6 is 0 Å². The van der Waals surface area contributed by atoms with E-state index in [-0.39, 0.29) is 62.9 Å². The molecule has 0 saturated carbocycles. The third-order valence-corrected chi connectivity index (χ3v) is 9.59. The molecule has 11 nitrogen and oxygen atoms in total. The highest BCUT2D eigenvalue weighted by atomic mass is 16.7. The zero-order valence-corrected chi connectivity index (χ0v) is 27.1. The number of benzene rings is 3. The molecule has 3 aromatic carbocycles. The first-order valence-electron chi connectivity index (χ1n) is 16.6. The summed E-state index contributed by atoms with van der Waals surface area (Å²) in [5.74, 6) is -0.828. The van der Waals surface area contributed by atoms with Gasteiger partial charge in [-0.3, -0.25) is 19.4 Å². The van der Waals surface area contributed by atoms with E-state index in [4.69, 9.17) is 14.2 Å². The summed E-state index contributed by atoms with van der Waals surface area (Å²) in [4.78, 5) is 41.6. The second-order valence-corrected chi connectivity index (χ2v) is 12.8. The lowest BCUT2D eigenvalue weighted by atomic mass is 9.90. The maximum atomic E-state index is 13.1. The van der Waals surface area contributed by atoms with Crippen LogP contribution in [0.2, 0.25) is 0 Å². The number of carbonyl (C=O) groups is 3. The number of aliphatic hydroxyl groups excluding tert-OH is 2. The fraction of sp³-hybridized carbons (Fsp3) is 0.432. The Labute approximate surface area is 280 Å². The fourth-order valence-corrected chi connectivity index (χ4v) is 6.73. The minimum Gasteiger partial charge on any atom is -0.445 e. The van der Waals surface area contributed by atoms with Gasteiger partial charge in [-0.05, 0) is 41.6 Å². The van der Waals surface area contributed by atoms with Crippen molar-refractivity contribution in [3.8, 4) is 0 Å². The molecule has 3 aliphatic heterocycles. The number of hydrogen-bond acceptors (Lipinski definition) is 9. The molecule has 3 saturated heterocycles. The molecule has 3 fully saturated rings. The monoisotopic (exact) mass is 657 g/mol. The number of nitrogens with one attached hydrogen (secondary N) is 1. The molecule has 3 aromatic rings. The van der Waals surface area contributed by atoms with Crippen LogP contribution in [0.25, 0.3) is 0 Å². The molecule has 0 radical (unpaired) electrons. The Morgan fingerprint density at radius 1 is 0.917 bits per heavy atom. The van der Waals surface area contributed by atoms with Gasteiger partial charge < -0.3 is 29.7 Å². The number of rotatable bonds is 11. The van der Waals surface area contributed by atoms with Crippen LogP contribution in [0.4, 0.5) is 4.79 Å². The van der Waals surface area contributed by atoms with Gasteiger partial charge in [0.1, 0.15) is 12.6 Å². The Balaban J connectivity index is 1.11. The molecule has 3 aliphatic rings. The topological polar surface area (TPSA) is 138 Å². The molecule has 3 heterocycles. The zero-order chi connectivity index (χ0) is 33.6. The van der Waals surface area contributed by atoms with Crippen LogP contribution in [0.1, 0.15) is 66.4 Å². The smallest absolute Gasteiger partial charge is 0.408 e. The van der Waals surface area contributed by atoms with Gasteiger partial charge in [0.15, 0.2) is 6.29 Å². The van der Waals surface area contributed by atoms with Crippen molar-refractivity contribution in [1.82, 2.24) is 15.1 Å². The van der Waals surface area contributed by atoms with Gasteiger partial charge in [-0.2, -0.15) is 0 Å². The summed E-state index contributed by atoms with van der Waals surface area (Å²) in [5, 5.41) is 22.0. The number of hydrogen-bond donors (Lipinski definition) is 3. The third-order valence-electron chi connectivity index (χ3n) is 9.59. The summed E-state index contributed by atoms with van der Waals surface area (Å²) in [6.45, 7) is 3.91. The van der Waals surface area contributed by atoms with E-state index in [2.05, 4.69) is 17.1 Å². The predicted octanol–water partition coefficient (Wildman–Crippen LogP) is 3.98. The number of carbonyl (C=O) groups excluding carboxylic acids is 3. The molecule has 6 rings (SSSR count). The van der Waals surface area contributed by atoms with Crippen LogP contribution in [0.15, 0.2) is 78.9 Å². The number of likely N-dealkylation sites (tertiary alicyclic amines) is 2. The summed E-state index contributed by atoms with van der Waals surface area (Å²) < 4.78 is 18.4. The van der Waals surface area contributed by atoms with Crippen molar-refractivity contribution in [2.24, 2.45) is 5.92 Å². The lowest BCUT2D eigenvalue weighted by Gasteiger charge is -2.43. The predicted molar refractivity (Wildman–Crippen MR) is 175 cm³/mol. The first-order valence-corrected chi connectivity index (χ1v) is 16.6. The number of amides is 3. The summed E-state index contributed by atoms with van der Waals surface area (Å²) in [5.41, 5.74) is 4.17. The zero-order valence-electron chi connectivity index (χ0n) is 27.1. The van der Waals surface area contributed by atoms with E-state index in [1.807, 2.05) is 78.9 Å². The molecule has 0 spiro atoms. The number of ether oxygens (including phenoxy) is 3. The van der Waals surface area contributed by atoms with Crippen LogP contribution in [0.3, 0.4) is 0 Å². The molecule has 0 bridgehead atoms. The normalized spacial score (nSPS) is 26.2. The summed E-state index contributed by atoms with van der Waals surface area (Å²) in [6.07, 6.45) is 0.0232. The van der Waals surface area contributed by atoms with Gasteiger partial charge in [0.2, 0.25) is 5.91 Å². The van der Waals surface area contributed by atoms with Crippen LogP contribution < -0.4 is 5.32 Å². The first kappa shape index (κ1) is 33.8. The van der Waals surface area contributed by atoms with Crippen molar-refractivity contribution >= 4 is 17.9 Å². The van der Waals surface area contributed by atoms with Gasteiger partial charge in [0.05, 0.1) is 38.4 Å². The largest absolute Gasteiger partial charge is 0.445 e. The van der Waals surface area contributed by atoms with Crippen molar-refractivity contribution < 1.29 is 38.8 Å². The van der Waals surface area contributed by atoms with E-state index in [0.717, 1.165) is 52.1 Å². The van der Waals surface area contributed by atoms with Crippen LogP contribution in [-0.2, 0) is 43.6 Å². The third kappa shape index (κ3) is 7.77. The highest BCUT2D eigenvalue weighted by Gasteiger charge is 2.41. The molecule has 6 unspecified atom stereocenters. The Hall–Kier alpha value is -4.13. The lowest BCUT2D eigenvalue weighted by Crippen LogP contribution is -2.46. The van der Waals surface area contributed by atoms with E-state index in [1.54, 1.807) is 0 Å². The molecule has 6 atom stereocenters. The van der Waals surface area contributed by atoms with E-state index >= 15 is 0 Å². The van der Waals surface area contributed by atoms with Crippen molar-refractivity contribution in [2.75, 3.05) is 19.7 Å². The van der Waals surface area contributed by atoms with Crippen LogP contribution in [0, 0.1) is 5.92 Å². The maximum Gasteiger partial charge on any atom is 0.408 e. The lowest BCUT2D eigenvalue weighted by molar-refractivity contribution is -0.276. The second-order valence-electron chi connectivity index (χ2n) is 12.8. The Morgan fingerprint density at radius 3 is 2.33 bits per heavy atom. The molecule has 0 aromatic heterocycles. The molecule has 0 aliphatic carbocycles. The van der Waals surface area contributed by atoms with E-state index in [9.17, 15) is 24.6 Å². The van der Waals surface area contributed by atoms with E-state index < -0.39 is 24.3 Å². The molecule has 3 N–H and O–H groups in total. The number of nitrogens with zero attached hydrogens (tertiary/aromatic N) is 2. The second kappa shape index (κ2) is 15.4. The Bertz CT molecular complexity index is 1550. The maximum absolute atomic E-state index is 13.1. The average molecular weight is 658 g/mol. The first-order chi connectivity index (χ1) is 23.3. The van der Waals surface area contributed by atoms with Crippen LogP contribution in [0.5, 0.6) is 0 Å². The molecular weight excluding hydrogens is 614 g/mol. The van der Waals surface area contributed by atoms with E-state index in [0.29, 0.717) is 6.54 Å². The number of alkyl carbamates (subject to hydrolysis) is 1. The number of imide groups is 1. The van der Waals surface area contributed by atoms with Crippen molar-refractivity contribution in [2.45, 2.75) is 76.5 Å². The highest BCUT2D eigenvalue weighted by Crippen LogP contribution is 2.42. The summed E-state index contributed by atoms with van der Waals surface area (Å²) >= 11 is 0. The van der Waals surface area contributed by atoms with Crippen LogP contribution in [-0.4, -0.2) is 75.8 Å². The molecule has 3 amide bonds. The Morgan fingerprint density at radius 2 is 1.62 bits per heavy atom. The fourth-order valence-electron chi connectivity index (χ4n) is 6.73. The van der Waals surface area contributed by atoms with Gasteiger partial charge in [-0.25, -0.2) is 4.79 Å². The molecular formula is C37H43N3O8.